The summed E-state index contributed by atoms with van der Waals surface area (Å²) in [5.74, 6) is -2.15. The van der Waals surface area contributed by atoms with Gasteiger partial charge < -0.3 is 10.6 Å². The van der Waals surface area contributed by atoms with Gasteiger partial charge in [0.1, 0.15) is 0 Å². The minimum atomic E-state index is -4.79. The van der Waals surface area contributed by atoms with E-state index in [0.29, 0.717) is 12.1 Å². The number of hydrogen-bond acceptors (Lipinski definition) is 4. The molecule has 0 aliphatic rings. The number of carbonyl (C=O) groups excluding carboxylic acids is 1. The van der Waals surface area contributed by atoms with Gasteiger partial charge in [0.15, 0.2) is 15.6 Å². The Bertz CT molecular complexity index is 634. The highest BCUT2D eigenvalue weighted by Crippen LogP contribution is 2.22. The predicted octanol–water partition coefficient (Wildman–Crippen LogP) is 1.71. The number of amides is 1. The first kappa shape index (κ1) is 22.7. The van der Waals surface area contributed by atoms with Crippen molar-refractivity contribution in [3.63, 3.8) is 0 Å². The first-order valence-corrected chi connectivity index (χ1v) is 8.51. The summed E-state index contributed by atoms with van der Waals surface area (Å²) in [5, 5.41) is 5.64. The van der Waals surface area contributed by atoms with Gasteiger partial charge in [-0.3, -0.25) is 4.79 Å². The topological polar surface area (TPSA) is 75.3 Å². The standard InChI is InChI=1S/C14H19F3N2O3S.ClH/c1-10(18-2)8-19-13(20)7-11-3-5-12(6-4-11)23(21,22)9-14(15,16)17;/h3-6,10,18H,7-9H2,1-2H3,(H,19,20);1H. The van der Waals surface area contributed by atoms with Crippen molar-refractivity contribution in [1.82, 2.24) is 10.6 Å². The van der Waals surface area contributed by atoms with Crippen molar-refractivity contribution in [3.8, 4) is 0 Å². The van der Waals surface area contributed by atoms with Crippen LogP contribution in [0.2, 0.25) is 0 Å². The molecule has 5 nitrogen and oxygen atoms in total. The molecule has 1 unspecified atom stereocenters. The summed E-state index contributed by atoms with van der Waals surface area (Å²) in [6, 6.07) is 4.95. The van der Waals surface area contributed by atoms with E-state index in [-0.39, 0.29) is 30.8 Å². The van der Waals surface area contributed by atoms with Gasteiger partial charge >= 0.3 is 6.18 Å². The highest BCUT2D eigenvalue weighted by Gasteiger charge is 2.35. The highest BCUT2D eigenvalue weighted by molar-refractivity contribution is 7.91. The Labute approximate surface area is 145 Å². The summed E-state index contributed by atoms with van der Waals surface area (Å²) < 4.78 is 59.9. The van der Waals surface area contributed by atoms with Gasteiger partial charge in [0.05, 0.1) is 11.3 Å². The van der Waals surface area contributed by atoms with E-state index < -0.39 is 26.7 Å². The average Bonchev–Trinajstić information content (AvgIpc) is 2.42. The number of alkyl halides is 3. The zero-order valence-corrected chi connectivity index (χ0v) is 14.8. The molecule has 0 bridgehead atoms. The molecule has 0 fully saturated rings. The van der Waals surface area contributed by atoms with Crippen LogP contribution in [0.4, 0.5) is 13.2 Å². The largest absolute Gasteiger partial charge is 0.403 e. The molecule has 138 valence electrons. The summed E-state index contributed by atoms with van der Waals surface area (Å²) >= 11 is 0. The number of likely N-dealkylation sites (N-methyl/N-ethyl adjacent to an activating group) is 1. The number of hydrogen-bond donors (Lipinski definition) is 2. The summed E-state index contributed by atoms with van der Waals surface area (Å²) in [4.78, 5) is 11.3. The Morgan fingerprint density at radius 3 is 2.21 bits per heavy atom. The lowest BCUT2D eigenvalue weighted by Gasteiger charge is -2.11. The van der Waals surface area contributed by atoms with Crippen molar-refractivity contribution >= 4 is 28.2 Å². The van der Waals surface area contributed by atoms with E-state index in [9.17, 15) is 26.4 Å². The maximum absolute atomic E-state index is 12.2. The van der Waals surface area contributed by atoms with E-state index >= 15 is 0 Å². The molecule has 0 aliphatic heterocycles. The van der Waals surface area contributed by atoms with E-state index in [4.69, 9.17) is 0 Å². The molecule has 1 amide bonds. The van der Waals surface area contributed by atoms with Crippen LogP contribution in [0.3, 0.4) is 0 Å². The fraction of sp³-hybridized carbons (Fsp3) is 0.500. The second kappa shape index (κ2) is 9.24. The Hall–Kier alpha value is -1.32. The number of halogens is 4. The number of sulfone groups is 1. The van der Waals surface area contributed by atoms with Crippen molar-refractivity contribution in [2.24, 2.45) is 0 Å². The molecule has 0 spiro atoms. The molecule has 10 heteroatoms. The van der Waals surface area contributed by atoms with Crippen LogP contribution in [0.25, 0.3) is 0 Å². The molecule has 1 aromatic rings. The molecule has 0 radical (unpaired) electrons. The monoisotopic (exact) mass is 388 g/mol. The van der Waals surface area contributed by atoms with Crippen LogP contribution in [0.5, 0.6) is 0 Å². The molecule has 0 aromatic heterocycles. The summed E-state index contributed by atoms with van der Waals surface area (Å²) in [7, 11) is -2.66. The first-order chi connectivity index (χ1) is 10.5. The lowest BCUT2D eigenvalue weighted by atomic mass is 10.1. The molecule has 0 heterocycles. The Morgan fingerprint density at radius 1 is 1.21 bits per heavy atom. The number of carbonyl (C=O) groups is 1. The van der Waals surface area contributed by atoms with Crippen molar-refractivity contribution in [2.75, 3.05) is 19.3 Å². The van der Waals surface area contributed by atoms with Crippen LogP contribution in [-0.2, 0) is 21.1 Å². The third-order valence-corrected chi connectivity index (χ3v) is 4.80. The van der Waals surface area contributed by atoms with Crippen molar-refractivity contribution in [3.05, 3.63) is 29.8 Å². The lowest BCUT2D eigenvalue weighted by Crippen LogP contribution is -2.37. The van der Waals surface area contributed by atoms with E-state index in [0.717, 1.165) is 12.1 Å². The fourth-order valence-electron chi connectivity index (χ4n) is 1.73. The minimum Gasteiger partial charge on any atom is -0.354 e. The van der Waals surface area contributed by atoms with Gasteiger partial charge in [0.25, 0.3) is 0 Å². The molecule has 0 saturated carbocycles. The van der Waals surface area contributed by atoms with Crippen LogP contribution >= 0.6 is 12.4 Å². The summed E-state index contributed by atoms with van der Waals surface area (Å²) in [6.07, 6.45) is -4.77. The average molecular weight is 389 g/mol. The second-order valence-electron chi connectivity index (χ2n) is 5.19. The molecule has 2 N–H and O–H groups in total. The molecule has 1 atom stereocenters. The summed E-state index contributed by atoms with van der Waals surface area (Å²) in [6.45, 7) is 2.33. The SMILES string of the molecule is CNC(C)CNC(=O)Cc1ccc(S(=O)(=O)CC(F)(F)F)cc1.Cl. The lowest BCUT2D eigenvalue weighted by molar-refractivity contribution is -0.120. The van der Waals surface area contributed by atoms with Gasteiger partial charge in [0, 0.05) is 12.6 Å². The third-order valence-electron chi connectivity index (χ3n) is 3.10. The predicted molar refractivity (Wildman–Crippen MR) is 87.0 cm³/mol. The molecule has 1 aromatic carbocycles. The molecular formula is C14H20ClF3N2O3S. The van der Waals surface area contributed by atoms with Crippen LogP contribution in [0.1, 0.15) is 12.5 Å². The Morgan fingerprint density at radius 2 is 1.75 bits per heavy atom. The van der Waals surface area contributed by atoms with E-state index in [2.05, 4.69) is 10.6 Å². The van der Waals surface area contributed by atoms with Gasteiger partial charge in [0.2, 0.25) is 5.91 Å². The first-order valence-electron chi connectivity index (χ1n) is 6.86. The van der Waals surface area contributed by atoms with E-state index in [1.54, 1.807) is 7.05 Å². The quantitative estimate of drug-likeness (QED) is 0.745. The van der Waals surface area contributed by atoms with Crippen molar-refractivity contribution in [1.29, 1.82) is 0 Å². The normalized spacial score (nSPS) is 13.0. The zero-order valence-electron chi connectivity index (χ0n) is 13.2. The molecular weight excluding hydrogens is 369 g/mol. The second-order valence-corrected chi connectivity index (χ2v) is 7.18. The molecule has 0 saturated heterocycles. The highest BCUT2D eigenvalue weighted by atomic mass is 35.5. The van der Waals surface area contributed by atoms with Gasteiger partial charge in [-0.2, -0.15) is 13.2 Å². The van der Waals surface area contributed by atoms with Crippen molar-refractivity contribution in [2.45, 2.75) is 30.5 Å². The third kappa shape index (κ3) is 7.98. The van der Waals surface area contributed by atoms with Crippen molar-refractivity contribution < 1.29 is 26.4 Å². The van der Waals surface area contributed by atoms with Crippen LogP contribution in [-0.4, -0.2) is 45.9 Å². The maximum Gasteiger partial charge on any atom is 0.403 e. The van der Waals surface area contributed by atoms with Gasteiger partial charge in [-0.05, 0) is 31.7 Å². The number of nitrogens with one attached hydrogen (secondary N) is 2. The fourth-order valence-corrected chi connectivity index (χ4v) is 2.88. The van der Waals surface area contributed by atoms with E-state index in [1.807, 2.05) is 6.92 Å². The van der Waals surface area contributed by atoms with Gasteiger partial charge in [-0.25, -0.2) is 8.42 Å². The Balaban J connectivity index is 0.00000529. The van der Waals surface area contributed by atoms with E-state index in [1.165, 1.54) is 12.1 Å². The molecule has 24 heavy (non-hydrogen) atoms. The maximum atomic E-state index is 12.2. The number of benzene rings is 1. The Kier molecular flexibility index (Phi) is 8.73. The zero-order chi connectivity index (χ0) is 17.7. The number of rotatable bonds is 7. The van der Waals surface area contributed by atoms with Crippen LogP contribution < -0.4 is 10.6 Å². The summed E-state index contributed by atoms with van der Waals surface area (Å²) in [5.41, 5.74) is 0.519. The van der Waals surface area contributed by atoms with Crippen LogP contribution in [0.15, 0.2) is 29.2 Å². The molecule has 0 aliphatic carbocycles. The molecule has 1 rings (SSSR count). The van der Waals surface area contributed by atoms with Gasteiger partial charge in [-0.15, -0.1) is 12.4 Å². The smallest absolute Gasteiger partial charge is 0.354 e. The minimum absolute atomic E-state index is 0. The van der Waals surface area contributed by atoms with Gasteiger partial charge in [-0.1, -0.05) is 12.1 Å². The van der Waals surface area contributed by atoms with Crippen LogP contribution in [0, 0.1) is 0 Å².